The van der Waals surface area contributed by atoms with E-state index in [4.69, 9.17) is 9.90 Å². The quantitative estimate of drug-likeness (QED) is 0.427. The zero-order chi connectivity index (χ0) is 8.57. The average molecular weight is 150 g/mol. The molecule has 0 atom stereocenters. The smallest absolute Gasteiger partial charge is 0.339 e. The zero-order valence-electron chi connectivity index (χ0n) is 6.08. The Labute approximate surface area is 58.5 Å². The van der Waals surface area contributed by atoms with Crippen LogP contribution in [0.2, 0.25) is 0 Å². The predicted molar refractivity (Wildman–Crippen MR) is 32.1 cm³/mol. The molecule has 5 nitrogen and oxygen atoms in total. The molecule has 0 aromatic carbocycles. The minimum absolute atomic E-state index is 0.433. The van der Waals surface area contributed by atoms with Gasteiger partial charge in [-0.1, -0.05) is 0 Å². The van der Waals surface area contributed by atoms with E-state index in [9.17, 15) is 4.79 Å². The number of aliphatic carboxylic acids is 1. The average Bonchev–Trinajstić information content (AvgIpc) is 1.62. The fourth-order valence-corrected chi connectivity index (χ4v) is 0.117. The Hall–Kier alpha value is -1.10. The molecule has 0 spiro atoms. The third-order valence-corrected chi connectivity index (χ3v) is 0.201. The Kier molecular flexibility index (Phi) is 9.22. The first kappa shape index (κ1) is 11.7. The third-order valence-electron chi connectivity index (χ3n) is 0.201. The molecule has 0 aliphatic heterocycles. The molecule has 0 amide bonds. The topological polar surface area (TPSA) is 72.8 Å². The molecule has 0 saturated carbocycles. The highest BCUT2D eigenvalue weighted by Gasteiger charge is 1.83. The van der Waals surface area contributed by atoms with Crippen LogP contribution in [0.1, 0.15) is 13.8 Å². The maximum atomic E-state index is 9.70. The van der Waals surface area contributed by atoms with Crippen LogP contribution < -0.4 is 0 Å². The lowest BCUT2D eigenvalue weighted by Gasteiger charge is -1.87. The molecule has 60 valence electrons. The molecule has 10 heavy (non-hydrogen) atoms. The molecule has 0 radical (unpaired) electrons. The second-order valence-corrected chi connectivity index (χ2v) is 1.26. The van der Waals surface area contributed by atoms with E-state index in [1.54, 1.807) is 0 Å². The van der Waals surface area contributed by atoms with Gasteiger partial charge in [-0.15, -0.1) is 0 Å². The molecule has 1 N–H and O–H groups in total. The summed E-state index contributed by atoms with van der Waals surface area (Å²) in [4.78, 5) is 26.6. The summed E-state index contributed by atoms with van der Waals surface area (Å²) >= 11 is 0. The van der Waals surface area contributed by atoms with Crippen molar-refractivity contribution in [2.75, 3.05) is 7.11 Å². The zero-order valence-corrected chi connectivity index (χ0v) is 6.08. The van der Waals surface area contributed by atoms with Gasteiger partial charge in [-0.05, 0) is 0 Å². The summed E-state index contributed by atoms with van der Waals surface area (Å²) in [5.41, 5.74) is 0. The Morgan fingerprint density at radius 1 is 1.30 bits per heavy atom. The Bertz CT molecular complexity index is 105. The summed E-state index contributed by atoms with van der Waals surface area (Å²) in [5.74, 6) is -1.27. The van der Waals surface area contributed by atoms with Gasteiger partial charge in [0.15, 0.2) is 0 Å². The first-order valence-corrected chi connectivity index (χ1v) is 2.41. The second-order valence-electron chi connectivity index (χ2n) is 1.26. The molecule has 0 heterocycles. The summed E-state index contributed by atoms with van der Waals surface area (Å²) in [6.07, 6.45) is 0. The fourth-order valence-electron chi connectivity index (χ4n) is 0.117. The van der Waals surface area contributed by atoms with Gasteiger partial charge >= 0.3 is 5.97 Å². The highest BCUT2D eigenvalue weighted by Crippen LogP contribution is 1.69. The van der Waals surface area contributed by atoms with Crippen LogP contribution in [0.3, 0.4) is 0 Å². The summed E-state index contributed by atoms with van der Waals surface area (Å²) in [7, 11) is 1.28. The molecular weight excluding hydrogens is 140 g/mol. The van der Waals surface area contributed by atoms with E-state index >= 15 is 0 Å². The molecule has 5 heteroatoms. The van der Waals surface area contributed by atoms with Crippen molar-refractivity contribution in [1.29, 1.82) is 0 Å². The molecule has 0 aliphatic carbocycles. The molecule has 0 fully saturated rings. The van der Waals surface area contributed by atoms with Crippen LogP contribution in [-0.2, 0) is 19.4 Å². The van der Waals surface area contributed by atoms with Gasteiger partial charge in [0.25, 0.3) is 5.97 Å². The number of hydrogen-bond acceptors (Lipinski definition) is 4. The largest absolute Gasteiger partial charge is 0.481 e. The SMILES string of the molecule is CC(=O)O.COOC(C)=O. The molecule has 0 aromatic heterocycles. The number of hydrogen-bond donors (Lipinski definition) is 1. The van der Waals surface area contributed by atoms with E-state index in [0.29, 0.717) is 0 Å². The molecule has 0 unspecified atom stereocenters. The van der Waals surface area contributed by atoms with E-state index in [0.717, 1.165) is 6.92 Å². The van der Waals surface area contributed by atoms with Crippen LogP contribution in [-0.4, -0.2) is 24.2 Å². The van der Waals surface area contributed by atoms with Crippen molar-refractivity contribution in [1.82, 2.24) is 0 Å². The van der Waals surface area contributed by atoms with Crippen molar-refractivity contribution in [3.05, 3.63) is 0 Å². The van der Waals surface area contributed by atoms with Gasteiger partial charge in [-0.3, -0.25) is 9.68 Å². The standard InChI is InChI=1S/C3H6O3.C2H4O2/c1-3(4)6-5-2;1-2(3)4/h1-2H3;1H3,(H,3,4). The third kappa shape index (κ3) is 66.5. The minimum atomic E-state index is -0.833. The molecule has 0 bridgehead atoms. The van der Waals surface area contributed by atoms with Crippen molar-refractivity contribution < 1.29 is 24.5 Å². The summed E-state index contributed by atoms with van der Waals surface area (Å²) < 4.78 is 0. The summed E-state index contributed by atoms with van der Waals surface area (Å²) in [5, 5.41) is 7.42. The lowest BCUT2D eigenvalue weighted by Crippen LogP contribution is -1.94. The van der Waals surface area contributed by atoms with Gasteiger partial charge in [-0.2, -0.15) is 4.89 Å². The second kappa shape index (κ2) is 7.90. The maximum Gasteiger partial charge on any atom is 0.339 e. The minimum Gasteiger partial charge on any atom is -0.481 e. The molecule has 0 saturated heterocycles. The fraction of sp³-hybridized carbons (Fsp3) is 0.600. The van der Waals surface area contributed by atoms with Crippen LogP contribution in [0, 0.1) is 0 Å². The van der Waals surface area contributed by atoms with E-state index in [-0.39, 0.29) is 0 Å². The first-order chi connectivity index (χ1) is 4.50. The maximum absolute atomic E-state index is 9.70. The predicted octanol–water partition coefficient (Wildman–Crippen LogP) is 0.202. The summed E-state index contributed by atoms with van der Waals surface area (Å²) in [6.45, 7) is 2.35. The Morgan fingerprint density at radius 3 is 1.60 bits per heavy atom. The van der Waals surface area contributed by atoms with Gasteiger partial charge in [0.05, 0.1) is 7.11 Å². The van der Waals surface area contributed by atoms with E-state index in [1.807, 2.05) is 0 Å². The number of carbonyl (C=O) groups excluding carboxylic acids is 1. The first-order valence-electron chi connectivity index (χ1n) is 2.41. The molecule has 0 aliphatic rings. The van der Waals surface area contributed by atoms with Crippen molar-refractivity contribution in [2.24, 2.45) is 0 Å². The molecule has 0 aromatic rings. The van der Waals surface area contributed by atoms with E-state index in [2.05, 4.69) is 9.78 Å². The van der Waals surface area contributed by atoms with Crippen molar-refractivity contribution >= 4 is 11.9 Å². The van der Waals surface area contributed by atoms with Crippen LogP contribution in [0.4, 0.5) is 0 Å². The molecule has 0 rings (SSSR count). The number of carbonyl (C=O) groups is 2. The highest BCUT2D eigenvalue weighted by molar-refractivity contribution is 5.65. The Balaban J connectivity index is 0. The van der Waals surface area contributed by atoms with Crippen molar-refractivity contribution in [2.45, 2.75) is 13.8 Å². The van der Waals surface area contributed by atoms with Crippen molar-refractivity contribution in [3.8, 4) is 0 Å². The lowest BCUT2D eigenvalue weighted by molar-refractivity contribution is -0.252. The van der Waals surface area contributed by atoms with Crippen LogP contribution in [0.5, 0.6) is 0 Å². The molecular formula is C5H10O5. The lowest BCUT2D eigenvalue weighted by atomic mass is 10.8. The Morgan fingerprint density at radius 2 is 1.60 bits per heavy atom. The monoisotopic (exact) mass is 150 g/mol. The van der Waals surface area contributed by atoms with Crippen LogP contribution in [0.15, 0.2) is 0 Å². The van der Waals surface area contributed by atoms with E-state index in [1.165, 1.54) is 14.0 Å². The van der Waals surface area contributed by atoms with Gasteiger partial charge < -0.3 is 5.11 Å². The summed E-state index contributed by atoms with van der Waals surface area (Å²) in [6, 6.07) is 0. The van der Waals surface area contributed by atoms with E-state index < -0.39 is 11.9 Å². The van der Waals surface area contributed by atoms with Gasteiger partial charge in [0.2, 0.25) is 0 Å². The van der Waals surface area contributed by atoms with Gasteiger partial charge in [0.1, 0.15) is 0 Å². The number of carboxylic acids is 1. The normalized spacial score (nSPS) is 7.10. The van der Waals surface area contributed by atoms with Crippen LogP contribution in [0.25, 0.3) is 0 Å². The van der Waals surface area contributed by atoms with Crippen LogP contribution >= 0.6 is 0 Å². The van der Waals surface area contributed by atoms with Crippen molar-refractivity contribution in [3.63, 3.8) is 0 Å². The number of carboxylic acid groups (broad SMARTS) is 1. The number of rotatable bonds is 1. The van der Waals surface area contributed by atoms with Gasteiger partial charge in [0, 0.05) is 13.8 Å². The van der Waals surface area contributed by atoms with Gasteiger partial charge in [-0.25, -0.2) is 4.79 Å². The highest BCUT2D eigenvalue weighted by atomic mass is 17.2.